The Morgan fingerprint density at radius 2 is 2.14 bits per heavy atom. The summed E-state index contributed by atoms with van der Waals surface area (Å²) in [4.78, 5) is 0. The van der Waals surface area contributed by atoms with Crippen LogP contribution in [0.1, 0.15) is 12.8 Å². The lowest BCUT2D eigenvalue weighted by molar-refractivity contribution is 0.162. The smallest absolute Gasteiger partial charge is 0.164 e. The number of nitrogens with two attached hydrogens (primary N) is 1. The van der Waals surface area contributed by atoms with Crippen molar-refractivity contribution in [2.45, 2.75) is 22.6 Å². The van der Waals surface area contributed by atoms with E-state index >= 15 is 0 Å². The topological polar surface area (TPSA) is 26.0 Å². The maximum absolute atomic E-state index is 12.4. The van der Waals surface area contributed by atoms with Crippen molar-refractivity contribution in [1.29, 1.82) is 0 Å². The van der Waals surface area contributed by atoms with E-state index in [1.807, 2.05) is 0 Å². The van der Waals surface area contributed by atoms with Crippen LogP contribution < -0.4 is 5.73 Å². The van der Waals surface area contributed by atoms with Gasteiger partial charge in [0.05, 0.1) is 0 Å². The number of rotatable bonds is 0. The van der Waals surface area contributed by atoms with Gasteiger partial charge in [-0.2, -0.15) is 0 Å². The van der Waals surface area contributed by atoms with Crippen LogP contribution in [0, 0.1) is 0 Å². The Labute approximate surface area is 55.6 Å². The molecule has 0 aromatic carbocycles. The maximum Gasteiger partial charge on any atom is 0.164 e. The van der Waals surface area contributed by atoms with Crippen molar-refractivity contribution in [3.63, 3.8) is 0 Å². The third-order valence-electron chi connectivity index (χ3n) is 1.12. The van der Waals surface area contributed by atoms with Crippen LogP contribution in [0.5, 0.6) is 0 Å². The van der Waals surface area contributed by atoms with Crippen LogP contribution in [0.4, 0.5) is 4.39 Å². The summed E-state index contributed by atoms with van der Waals surface area (Å²) in [5.41, 5.74) is 5.31. The minimum absolute atomic E-state index is 0.127. The van der Waals surface area contributed by atoms with Crippen molar-refractivity contribution in [2.75, 3.05) is 0 Å². The van der Waals surface area contributed by atoms with Gasteiger partial charge < -0.3 is 5.73 Å². The maximum atomic E-state index is 12.4. The van der Waals surface area contributed by atoms with E-state index in [-0.39, 0.29) is 6.04 Å². The average Bonchev–Trinajstić information content (AvgIpc) is 1.27. The lowest BCUT2D eigenvalue weighted by atomic mass is 9.92. The molecule has 0 aromatic rings. The van der Waals surface area contributed by atoms with Crippen molar-refractivity contribution in [1.82, 2.24) is 0 Å². The summed E-state index contributed by atoms with van der Waals surface area (Å²) in [6, 6.07) is 0.127. The Morgan fingerprint density at radius 1 is 1.71 bits per heavy atom. The fourth-order valence-electron chi connectivity index (χ4n) is 0.707. The third kappa shape index (κ3) is 1.25. The molecule has 0 aliphatic heterocycles. The highest BCUT2D eigenvalue weighted by Crippen LogP contribution is 2.40. The Morgan fingerprint density at radius 3 is 2.14 bits per heavy atom. The standard InChI is InChI=1S/C4H7FIN/c5-4(6)1-3(7)2-4/h3H,1-2,7H2. The molecule has 3 heteroatoms. The van der Waals surface area contributed by atoms with E-state index in [4.69, 9.17) is 5.73 Å². The predicted molar refractivity (Wildman–Crippen MR) is 35.1 cm³/mol. The first-order chi connectivity index (χ1) is 3.10. The second-order valence-corrected chi connectivity index (χ2v) is 3.96. The zero-order chi connectivity index (χ0) is 5.49. The molecule has 0 bridgehead atoms. The van der Waals surface area contributed by atoms with Crippen molar-refractivity contribution >= 4 is 22.6 Å². The van der Waals surface area contributed by atoms with Crippen LogP contribution >= 0.6 is 22.6 Å². The van der Waals surface area contributed by atoms with Gasteiger partial charge in [-0.1, -0.05) is 0 Å². The molecule has 0 saturated heterocycles. The molecule has 0 atom stereocenters. The quantitative estimate of drug-likeness (QED) is 0.477. The van der Waals surface area contributed by atoms with Gasteiger partial charge in [0.25, 0.3) is 0 Å². The van der Waals surface area contributed by atoms with Crippen LogP contribution in [-0.4, -0.2) is 9.72 Å². The molecule has 0 amide bonds. The highest BCUT2D eigenvalue weighted by molar-refractivity contribution is 14.1. The van der Waals surface area contributed by atoms with Gasteiger partial charge in [0.2, 0.25) is 0 Å². The van der Waals surface area contributed by atoms with Gasteiger partial charge in [0, 0.05) is 18.9 Å². The first kappa shape index (κ1) is 5.75. The van der Waals surface area contributed by atoms with Crippen LogP contribution in [0.25, 0.3) is 0 Å². The van der Waals surface area contributed by atoms with Gasteiger partial charge in [-0.3, -0.25) is 0 Å². The molecule has 1 aliphatic carbocycles. The predicted octanol–water partition coefficient (Wildman–Crippen LogP) is 1.21. The fourth-order valence-corrected chi connectivity index (χ4v) is 1.84. The van der Waals surface area contributed by atoms with E-state index in [9.17, 15) is 4.39 Å². The van der Waals surface area contributed by atoms with E-state index in [1.54, 1.807) is 22.6 Å². The number of alkyl halides is 2. The summed E-state index contributed by atoms with van der Waals surface area (Å²) >= 11 is 1.80. The van der Waals surface area contributed by atoms with Crippen LogP contribution in [0.15, 0.2) is 0 Å². The Kier molecular flexibility index (Phi) is 1.27. The molecule has 1 saturated carbocycles. The molecule has 2 N–H and O–H groups in total. The Hall–Kier alpha value is 0.620. The Bertz CT molecular complexity index is 75.8. The third-order valence-corrected chi connectivity index (χ3v) is 2.00. The van der Waals surface area contributed by atoms with Gasteiger partial charge in [-0.05, 0) is 22.6 Å². The van der Waals surface area contributed by atoms with Gasteiger partial charge in [0.1, 0.15) is 0 Å². The SMILES string of the molecule is NC1CC(F)(I)C1. The first-order valence-electron chi connectivity index (χ1n) is 2.23. The second kappa shape index (κ2) is 1.55. The zero-order valence-corrected chi connectivity index (χ0v) is 5.98. The highest BCUT2D eigenvalue weighted by Gasteiger charge is 2.39. The lowest BCUT2D eigenvalue weighted by Gasteiger charge is -2.33. The molecular weight excluding hydrogens is 208 g/mol. The summed E-state index contributed by atoms with van der Waals surface area (Å²) in [6.45, 7) is 0. The number of halogens is 2. The Balaban J connectivity index is 2.29. The minimum Gasteiger partial charge on any atom is -0.327 e. The lowest BCUT2D eigenvalue weighted by Crippen LogP contribution is -2.43. The molecule has 0 heterocycles. The monoisotopic (exact) mass is 215 g/mol. The molecule has 1 aliphatic rings. The molecule has 0 spiro atoms. The number of hydrogen-bond acceptors (Lipinski definition) is 1. The molecule has 0 aromatic heterocycles. The molecule has 7 heavy (non-hydrogen) atoms. The molecule has 0 unspecified atom stereocenters. The highest BCUT2D eigenvalue weighted by atomic mass is 127. The van der Waals surface area contributed by atoms with E-state index in [0.29, 0.717) is 12.8 Å². The van der Waals surface area contributed by atoms with Crippen molar-refractivity contribution in [3.8, 4) is 0 Å². The van der Waals surface area contributed by atoms with Crippen LogP contribution in [0.2, 0.25) is 0 Å². The van der Waals surface area contributed by atoms with E-state index in [0.717, 1.165) is 0 Å². The fraction of sp³-hybridized carbons (Fsp3) is 1.00. The van der Waals surface area contributed by atoms with E-state index < -0.39 is 3.68 Å². The molecule has 1 fully saturated rings. The van der Waals surface area contributed by atoms with Crippen molar-refractivity contribution in [3.05, 3.63) is 0 Å². The van der Waals surface area contributed by atoms with E-state index in [1.165, 1.54) is 0 Å². The minimum atomic E-state index is -0.961. The summed E-state index contributed by atoms with van der Waals surface area (Å²) in [6.07, 6.45) is 1.07. The second-order valence-electron chi connectivity index (χ2n) is 2.02. The molecule has 1 nitrogen and oxygen atoms in total. The summed E-state index contributed by atoms with van der Waals surface area (Å²) < 4.78 is 11.4. The van der Waals surface area contributed by atoms with Crippen LogP contribution in [0.3, 0.4) is 0 Å². The summed E-state index contributed by atoms with van der Waals surface area (Å²) in [5, 5.41) is 0. The molecule has 42 valence electrons. The van der Waals surface area contributed by atoms with Gasteiger partial charge in [0.15, 0.2) is 3.68 Å². The van der Waals surface area contributed by atoms with Gasteiger partial charge in [-0.25, -0.2) is 4.39 Å². The average molecular weight is 215 g/mol. The molecule has 0 radical (unpaired) electrons. The summed E-state index contributed by atoms with van der Waals surface area (Å²) in [7, 11) is 0. The molecular formula is C4H7FIN. The van der Waals surface area contributed by atoms with Crippen molar-refractivity contribution < 1.29 is 4.39 Å². The summed E-state index contributed by atoms with van der Waals surface area (Å²) in [5.74, 6) is 0. The zero-order valence-electron chi connectivity index (χ0n) is 3.82. The van der Waals surface area contributed by atoms with Gasteiger partial charge >= 0.3 is 0 Å². The largest absolute Gasteiger partial charge is 0.327 e. The van der Waals surface area contributed by atoms with E-state index in [2.05, 4.69) is 0 Å². The van der Waals surface area contributed by atoms with Crippen molar-refractivity contribution in [2.24, 2.45) is 5.73 Å². The molecule has 1 rings (SSSR count). The van der Waals surface area contributed by atoms with Crippen LogP contribution in [-0.2, 0) is 0 Å². The first-order valence-corrected chi connectivity index (χ1v) is 3.31. The van der Waals surface area contributed by atoms with Gasteiger partial charge in [-0.15, -0.1) is 0 Å². The normalized spacial score (nSPS) is 51.0. The number of hydrogen-bond donors (Lipinski definition) is 1.